The van der Waals surface area contributed by atoms with Crippen LogP contribution in [0.5, 0.6) is 0 Å². The molecule has 1 aliphatic rings. The first-order chi connectivity index (χ1) is 8.66. The van der Waals surface area contributed by atoms with Crippen LogP contribution in [-0.4, -0.2) is 30.2 Å². The molecule has 0 atom stereocenters. The summed E-state index contributed by atoms with van der Waals surface area (Å²) in [6.07, 6.45) is 1.51. The third kappa shape index (κ3) is 3.00. The Morgan fingerprint density at radius 2 is 2.28 bits per heavy atom. The van der Waals surface area contributed by atoms with Gasteiger partial charge in [0.15, 0.2) is 0 Å². The van der Waals surface area contributed by atoms with Crippen LogP contribution < -0.4 is 10.2 Å². The average molecular weight is 248 g/mol. The molecule has 0 unspecified atom stereocenters. The maximum absolute atomic E-state index is 11.7. The molecule has 1 aromatic rings. The lowest BCUT2D eigenvalue weighted by Crippen LogP contribution is -2.46. The summed E-state index contributed by atoms with van der Waals surface area (Å²) in [7, 11) is 0. The van der Waals surface area contributed by atoms with Gasteiger partial charge in [0.2, 0.25) is 0 Å². The van der Waals surface area contributed by atoms with Crippen LogP contribution in [0.1, 0.15) is 18.4 Å². The zero-order valence-corrected chi connectivity index (χ0v) is 10.1. The zero-order valence-electron chi connectivity index (χ0n) is 10.1. The standard InChI is InChI=1S/C13H16N2O3/c16-12(17)6-5-10-3-1-4-11(9-10)15-8-2-7-14-13(15)18/h1,3-4,9H,2,5-8H2,(H,14,18)(H,16,17). The highest BCUT2D eigenvalue weighted by Crippen LogP contribution is 2.19. The summed E-state index contributed by atoms with van der Waals surface area (Å²) in [5.74, 6) is -0.809. The highest BCUT2D eigenvalue weighted by atomic mass is 16.4. The van der Waals surface area contributed by atoms with Crippen molar-refractivity contribution in [1.29, 1.82) is 0 Å². The van der Waals surface area contributed by atoms with Gasteiger partial charge in [-0.1, -0.05) is 12.1 Å². The van der Waals surface area contributed by atoms with E-state index in [9.17, 15) is 9.59 Å². The van der Waals surface area contributed by atoms with Crippen molar-refractivity contribution in [2.75, 3.05) is 18.0 Å². The third-order valence-electron chi connectivity index (χ3n) is 2.93. The number of carbonyl (C=O) groups excluding carboxylic acids is 1. The van der Waals surface area contributed by atoms with E-state index in [0.29, 0.717) is 19.5 Å². The Hall–Kier alpha value is -2.04. The summed E-state index contributed by atoms with van der Waals surface area (Å²) in [6.45, 7) is 1.42. The number of benzene rings is 1. The summed E-state index contributed by atoms with van der Waals surface area (Å²) in [5, 5.41) is 11.5. The number of aliphatic carboxylic acids is 1. The Labute approximate surface area is 105 Å². The number of carboxylic acid groups (broad SMARTS) is 1. The van der Waals surface area contributed by atoms with Gasteiger partial charge < -0.3 is 10.4 Å². The van der Waals surface area contributed by atoms with E-state index >= 15 is 0 Å². The minimum atomic E-state index is -0.809. The molecule has 5 heteroatoms. The maximum atomic E-state index is 11.7. The molecular formula is C13H16N2O3. The molecule has 1 saturated heterocycles. The summed E-state index contributed by atoms with van der Waals surface area (Å²) in [5.41, 5.74) is 1.77. The van der Waals surface area contributed by atoms with Gasteiger partial charge in [-0.05, 0) is 30.5 Å². The molecule has 18 heavy (non-hydrogen) atoms. The van der Waals surface area contributed by atoms with Crippen molar-refractivity contribution in [3.05, 3.63) is 29.8 Å². The molecule has 0 bridgehead atoms. The number of carboxylic acids is 1. The molecule has 2 rings (SSSR count). The fourth-order valence-corrected chi connectivity index (χ4v) is 2.01. The molecular weight excluding hydrogens is 232 g/mol. The minimum absolute atomic E-state index is 0.0864. The van der Waals surface area contributed by atoms with Gasteiger partial charge in [-0.15, -0.1) is 0 Å². The number of anilines is 1. The van der Waals surface area contributed by atoms with Gasteiger partial charge in [-0.3, -0.25) is 9.69 Å². The highest BCUT2D eigenvalue weighted by Gasteiger charge is 2.19. The Kier molecular flexibility index (Phi) is 3.82. The van der Waals surface area contributed by atoms with Gasteiger partial charge in [0.25, 0.3) is 0 Å². The zero-order chi connectivity index (χ0) is 13.0. The number of hydrogen-bond acceptors (Lipinski definition) is 2. The molecule has 0 spiro atoms. The van der Waals surface area contributed by atoms with Gasteiger partial charge in [-0.25, -0.2) is 4.79 Å². The summed E-state index contributed by atoms with van der Waals surface area (Å²) in [6, 6.07) is 7.41. The van der Waals surface area contributed by atoms with E-state index in [2.05, 4.69) is 5.32 Å². The van der Waals surface area contributed by atoms with Crippen molar-refractivity contribution in [3.63, 3.8) is 0 Å². The number of nitrogens with zero attached hydrogens (tertiary/aromatic N) is 1. The second kappa shape index (κ2) is 5.53. The van der Waals surface area contributed by atoms with Crippen molar-refractivity contribution in [1.82, 2.24) is 5.32 Å². The predicted octanol–water partition coefficient (Wildman–Crippen LogP) is 1.62. The van der Waals surface area contributed by atoms with E-state index in [0.717, 1.165) is 17.7 Å². The molecule has 96 valence electrons. The van der Waals surface area contributed by atoms with Gasteiger partial charge in [-0.2, -0.15) is 0 Å². The van der Waals surface area contributed by atoms with Crippen molar-refractivity contribution in [2.45, 2.75) is 19.3 Å². The monoisotopic (exact) mass is 248 g/mol. The number of carbonyl (C=O) groups is 2. The minimum Gasteiger partial charge on any atom is -0.481 e. The first-order valence-corrected chi connectivity index (χ1v) is 6.03. The Balaban J connectivity index is 2.10. The van der Waals surface area contributed by atoms with Crippen LogP contribution in [0.4, 0.5) is 10.5 Å². The van der Waals surface area contributed by atoms with Gasteiger partial charge in [0.05, 0.1) is 0 Å². The first kappa shape index (κ1) is 12.4. The van der Waals surface area contributed by atoms with Crippen molar-refractivity contribution in [2.24, 2.45) is 0 Å². The van der Waals surface area contributed by atoms with Crippen LogP contribution in [0.3, 0.4) is 0 Å². The Morgan fingerprint density at radius 1 is 1.44 bits per heavy atom. The summed E-state index contributed by atoms with van der Waals surface area (Å²) in [4.78, 5) is 23.9. The van der Waals surface area contributed by atoms with Crippen molar-refractivity contribution >= 4 is 17.7 Å². The number of amides is 2. The molecule has 1 aliphatic heterocycles. The lowest BCUT2D eigenvalue weighted by molar-refractivity contribution is -0.136. The summed E-state index contributed by atoms with van der Waals surface area (Å²) >= 11 is 0. The largest absolute Gasteiger partial charge is 0.481 e. The maximum Gasteiger partial charge on any atom is 0.321 e. The SMILES string of the molecule is O=C(O)CCc1cccc(N2CCCNC2=O)c1. The molecule has 0 aliphatic carbocycles. The Bertz CT molecular complexity index is 459. The number of aryl methyl sites for hydroxylation is 1. The lowest BCUT2D eigenvalue weighted by Gasteiger charge is -2.27. The first-order valence-electron chi connectivity index (χ1n) is 6.03. The van der Waals surface area contributed by atoms with Crippen LogP contribution in [0.25, 0.3) is 0 Å². The molecule has 1 fully saturated rings. The quantitative estimate of drug-likeness (QED) is 0.850. The van der Waals surface area contributed by atoms with Crippen LogP contribution in [0.2, 0.25) is 0 Å². The van der Waals surface area contributed by atoms with Crippen molar-refractivity contribution in [3.8, 4) is 0 Å². The van der Waals surface area contributed by atoms with E-state index in [1.165, 1.54) is 0 Å². The Morgan fingerprint density at radius 3 is 3.00 bits per heavy atom. The molecule has 0 radical (unpaired) electrons. The second-order valence-corrected chi connectivity index (χ2v) is 4.30. The predicted molar refractivity (Wildman–Crippen MR) is 67.8 cm³/mol. The highest BCUT2D eigenvalue weighted by molar-refractivity contribution is 5.92. The van der Waals surface area contributed by atoms with E-state index in [-0.39, 0.29) is 12.5 Å². The topological polar surface area (TPSA) is 69.6 Å². The number of nitrogens with one attached hydrogen (secondary N) is 1. The van der Waals surface area contributed by atoms with Crippen LogP contribution in [-0.2, 0) is 11.2 Å². The van der Waals surface area contributed by atoms with E-state index < -0.39 is 5.97 Å². The van der Waals surface area contributed by atoms with Gasteiger partial charge >= 0.3 is 12.0 Å². The number of urea groups is 1. The van der Waals surface area contributed by atoms with Crippen LogP contribution in [0.15, 0.2) is 24.3 Å². The molecule has 1 heterocycles. The van der Waals surface area contributed by atoms with E-state index in [4.69, 9.17) is 5.11 Å². The lowest BCUT2D eigenvalue weighted by atomic mass is 10.1. The number of rotatable bonds is 4. The average Bonchev–Trinajstić information content (AvgIpc) is 2.37. The van der Waals surface area contributed by atoms with Crippen molar-refractivity contribution < 1.29 is 14.7 Å². The molecule has 0 saturated carbocycles. The molecule has 5 nitrogen and oxygen atoms in total. The molecule has 2 N–H and O–H groups in total. The third-order valence-corrected chi connectivity index (χ3v) is 2.93. The second-order valence-electron chi connectivity index (χ2n) is 4.30. The smallest absolute Gasteiger partial charge is 0.321 e. The summed E-state index contributed by atoms with van der Waals surface area (Å²) < 4.78 is 0. The van der Waals surface area contributed by atoms with Crippen LogP contribution >= 0.6 is 0 Å². The van der Waals surface area contributed by atoms with Gasteiger partial charge in [0.1, 0.15) is 0 Å². The van der Waals surface area contributed by atoms with Crippen LogP contribution in [0, 0.1) is 0 Å². The van der Waals surface area contributed by atoms with E-state index in [1.807, 2.05) is 24.3 Å². The normalized spacial score (nSPS) is 15.3. The molecule has 0 aromatic heterocycles. The number of hydrogen-bond donors (Lipinski definition) is 2. The molecule has 2 amide bonds. The molecule has 1 aromatic carbocycles. The van der Waals surface area contributed by atoms with E-state index in [1.54, 1.807) is 4.90 Å². The van der Waals surface area contributed by atoms with Gasteiger partial charge in [0, 0.05) is 25.2 Å². The fourth-order valence-electron chi connectivity index (χ4n) is 2.01. The fraction of sp³-hybridized carbons (Fsp3) is 0.385.